The van der Waals surface area contributed by atoms with Gasteiger partial charge in [-0.25, -0.2) is 4.79 Å². The van der Waals surface area contributed by atoms with Gasteiger partial charge in [0.05, 0.1) is 12.7 Å². The topological polar surface area (TPSA) is 76.0 Å². The molecule has 0 fully saturated rings. The van der Waals surface area contributed by atoms with Crippen LogP contribution < -0.4 is 4.74 Å². The molecule has 0 saturated carbocycles. The lowest BCUT2D eigenvalue weighted by Gasteiger charge is -2.23. The van der Waals surface area contributed by atoms with Crippen LogP contribution in [0.5, 0.6) is 5.75 Å². The van der Waals surface area contributed by atoms with Crippen molar-refractivity contribution < 1.29 is 24.5 Å². The fraction of sp³-hybridized carbons (Fsp3) is 0.300. The van der Waals surface area contributed by atoms with Crippen molar-refractivity contribution in [2.24, 2.45) is 0 Å². The predicted octanol–water partition coefficient (Wildman–Crippen LogP) is 0.571. The Balaban J connectivity index is 3.29. The summed E-state index contributed by atoms with van der Waals surface area (Å²) in [4.78, 5) is 10.9. The molecule has 0 amide bonds. The van der Waals surface area contributed by atoms with E-state index in [1.807, 2.05) is 0 Å². The monoisotopic (exact) mass is 212 g/mol. The van der Waals surface area contributed by atoms with Crippen LogP contribution in [0.3, 0.4) is 0 Å². The summed E-state index contributed by atoms with van der Waals surface area (Å²) >= 11 is 0. The Bertz CT molecular complexity index is 363. The van der Waals surface area contributed by atoms with Crippen molar-refractivity contribution in [2.45, 2.75) is 5.79 Å². The van der Waals surface area contributed by atoms with E-state index in [9.17, 15) is 9.90 Å². The normalized spacial score (nSPS) is 14.3. The zero-order chi connectivity index (χ0) is 11.5. The molecule has 0 bridgehead atoms. The number of methoxy groups -OCH3 is 2. The Morgan fingerprint density at radius 3 is 2.40 bits per heavy atom. The quantitative estimate of drug-likeness (QED) is 0.713. The summed E-state index contributed by atoms with van der Waals surface area (Å²) in [5.74, 6) is -3.62. The Hall–Kier alpha value is -1.59. The summed E-state index contributed by atoms with van der Waals surface area (Å²) in [6, 6.07) is 6.23. The van der Waals surface area contributed by atoms with Crippen LogP contribution >= 0.6 is 0 Å². The minimum atomic E-state index is -2.38. The lowest BCUT2D eigenvalue weighted by molar-refractivity contribution is -0.219. The molecule has 15 heavy (non-hydrogen) atoms. The lowest BCUT2D eigenvalue weighted by Crippen LogP contribution is -2.37. The standard InChI is InChI=1S/C10H12O5/c1-14-8-6-4-3-5-7(8)10(13,15-2)9(11)12/h3-6,13H,1-2H3,(H,11,12). The zero-order valence-electron chi connectivity index (χ0n) is 8.43. The highest BCUT2D eigenvalue weighted by atomic mass is 16.6. The van der Waals surface area contributed by atoms with Crippen LogP contribution in [0.15, 0.2) is 24.3 Å². The fourth-order valence-electron chi connectivity index (χ4n) is 1.24. The summed E-state index contributed by atoms with van der Waals surface area (Å²) in [5, 5.41) is 18.7. The van der Waals surface area contributed by atoms with Gasteiger partial charge in [-0.2, -0.15) is 0 Å². The molecule has 2 N–H and O–H groups in total. The SMILES string of the molecule is COc1ccccc1C(O)(OC)C(=O)O. The number of carboxylic acids is 1. The van der Waals surface area contributed by atoms with E-state index in [1.54, 1.807) is 18.2 Å². The molecule has 1 aromatic carbocycles. The smallest absolute Gasteiger partial charge is 0.369 e. The molecule has 0 spiro atoms. The molecule has 0 heterocycles. The maximum absolute atomic E-state index is 10.9. The van der Waals surface area contributed by atoms with Crippen molar-refractivity contribution in [1.29, 1.82) is 0 Å². The second-order valence-corrected chi connectivity index (χ2v) is 2.85. The van der Waals surface area contributed by atoms with Gasteiger partial charge in [0.1, 0.15) is 5.75 Å². The van der Waals surface area contributed by atoms with E-state index in [0.29, 0.717) is 0 Å². The molecule has 5 heteroatoms. The van der Waals surface area contributed by atoms with Crippen LogP contribution in [-0.4, -0.2) is 30.4 Å². The van der Waals surface area contributed by atoms with E-state index in [-0.39, 0.29) is 11.3 Å². The van der Waals surface area contributed by atoms with Gasteiger partial charge >= 0.3 is 5.97 Å². The van der Waals surface area contributed by atoms with E-state index in [2.05, 4.69) is 4.74 Å². The van der Waals surface area contributed by atoms with Crippen molar-refractivity contribution in [2.75, 3.05) is 14.2 Å². The number of hydrogen-bond donors (Lipinski definition) is 2. The van der Waals surface area contributed by atoms with Crippen molar-refractivity contribution in [3.05, 3.63) is 29.8 Å². The van der Waals surface area contributed by atoms with Gasteiger partial charge in [0, 0.05) is 7.11 Å². The zero-order valence-corrected chi connectivity index (χ0v) is 8.43. The molecule has 0 aliphatic rings. The van der Waals surface area contributed by atoms with Crippen molar-refractivity contribution in [3.63, 3.8) is 0 Å². The lowest BCUT2D eigenvalue weighted by atomic mass is 10.0. The minimum Gasteiger partial charge on any atom is -0.496 e. The summed E-state index contributed by atoms with van der Waals surface area (Å²) in [6.07, 6.45) is 0. The van der Waals surface area contributed by atoms with Gasteiger partial charge in [0.15, 0.2) is 0 Å². The van der Waals surface area contributed by atoms with Crippen molar-refractivity contribution in [1.82, 2.24) is 0 Å². The first kappa shape index (κ1) is 11.5. The van der Waals surface area contributed by atoms with Gasteiger partial charge < -0.3 is 19.7 Å². The number of hydrogen-bond acceptors (Lipinski definition) is 4. The highest BCUT2D eigenvalue weighted by molar-refractivity contribution is 5.78. The van der Waals surface area contributed by atoms with Gasteiger partial charge in [0.25, 0.3) is 5.79 Å². The molecule has 0 aliphatic carbocycles. The first-order valence-corrected chi connectivity index (χ1v) is 4.20. The number of ether oxygens (including phenoxy) is 2. The number of carboxylic acid groups (broad SMARTS) is 1. The maximum atomic E-state index is 10.9. The molecule has 5 nitrogen and oxygen atoms in total. The number of carbonyl (C=O) groups is 1. The second-order valence-electron chi connectivity index (χ2n) is 2.85. The van der Waals surface area contributed by atoms with Crippen LogP contribution in [-0.2, 0) is 15.3 Å². The summed E-state index contributed by atoms with van der Waals surface area (Å²) in [7, 11) is 2.50. The van der Waals surface area contributed by atoms with Crippen molar-refractivity contribution >= 4 is 5.97 Å². The average molecular weight is 212 g/mol. The third-order valence-electron chi connectivity index (χ3n) is 2.06. The highest BCUT2D eigenvalue weighted by Crippen LogP contribution is 2.30. The molecule has 0 aromatic heterocycles. The Morgan fingerprint density at radius 1 is 1.33 bits per heavy atom. The van der Waals surface area contributed by atoms with Gasteiger partial charge in [-0.3, -0.25) is 0 Å². The molecular formula is C10H12O5. The molecule has 0 saturated heterocycles. The highest BCUT2D eigenvalue weighted by Gasteiger charge is 2.40. The number of benzene rings is 1. The Labute approximate surface area is 86.9 Å². The third kappa shape index (κ3) is 1.93. The van der Waals surface area contributed by atoms with Gasteiger partial charge in [0.2, 0.25) is 0 Å². The van der Waals surface area contributed by atoms with Crippen LogP contribution in [0, 0.1) is 0 Å². The molecule has 82 valence electrons. The van der Waals surface area contributed by atoms with Crippen LogP contribution in [0.25, 0.3) is 0 Å². The molecule has 0 aliphatic heterocycles. The van der Waals surface area contributed by atoms with E-state index in [1.165, 1.54) is 13.2 Å². The molecular weight excluding hydrogens is 200 g/mol. The Kier molecular flexibility index (Phi) is 3.28. The fourth-order valence-corrected chi connectivity index (χ4v) is 1.24. The number of aliphatic carboxylic acids is 1. The second kappa shape index (κ2) is 4.29. The number of para-hydroxylation sites is 1. The minimum absolute atomic E-state index is 0.0579. The molecule has 1 unspecified atom stereocenters. The first-order chi connectivity index (χ1) is 7.06. The van der Waals surface area contributed by atoms with Crippen LogP contribution in [0.4, 0.5) is 0 Å². The maximum Gasteiger partial charge on any atom is 0.369 e. The Morgan fingerprint density at radius 2 is 1.93 bits per heavy atom. The van der Waals surface area contributed by atoms with E-state index < -0.39 is 11.8 Å². The van der Waals surface area contributed by atoms with Gasteiger partial charge in [-0.15, -0.1) is 0 Å². The summed E-state index contributed by atoms with van der Waals surface area (Å²) < 4.78 is 9.54. The largest absolute Gasteiger partial charge is 0.496 e. The molecule has 1 rings (SSSR count). The first-order valence-electron chi connectivity index (χ1n) is 4.20. The van der Waals surface area contributed by atoms with E-state index in [0.717, 1.165) is 7.11 Å². The number of rotatable bonds is 4. The summed E-state index contributed by atoms with van der Waals surface area (Å²) in [5.41, 5.74) is 0.0579. The molecule has 1 aromatic rings. The van der Waals surface area contributed by atoms with Crippen molar-refractivity contribution in [3.8, 4) is 5.75 Å². The van der Waals surface area contributed by atoms with E-state index >= 15 is 0 Å². The third-order valence-corrected chi connectivity index (χ3v) is 2.06. The van der Waals surface area contributed by atoms with Crippen LogP contribution in [0.1, 0.15) is 5.56 Å². The number of aliphatic hydroxyl groups is 1. The van der Waals surface area contributed by atoms with Crippen LogP contribution in [0.2, 0.25) is 0 Å². The van der Waals surface area contributed by atoms with Gasteiger partial charge in [-0.1, -0.05) is 12.1 Å². The average Bonchev–Trinajstić information content (AvgIpc) is 2.27. The van der Waals surface area contributed by atoms with Gasteiger partial charge in [-0.05, 0) is 12.1 Å². The molecule has 0 radical (unpaired) electrons. The van der Waals surface area contributed by atoms with E-state index in [4.69, 9.17) is 9.84 Å². The molecule has 1 atom stereocenters. The predicted molar refractivity (Wildman–Crippen MR) is 51.5 cm³/mol. The summed E-state index contributed by atoms with van der Waals surface area (Å²) in [6.45, 7) is 0.